The minimum Gasteiger partial charge on any atom is -0.322 e. The summed E-state index contributed by atoms with van der Waals surface area (Å²) in [5.74, 6) is -2.23. The van der Waals surface area contributed by atoms with Gasteiger partial charge in [-0.15, -0.1) is 0 Å². The van der Waals surface area contributed by atoms with Crippen molar-refractivity contribution in [1.29, 1.82) is 0 Å². The second kappa shape index (κ2) is 8.83. The Labute approximate surface area is 195 Å². The molecule has 1 aromatic heterocycles. The molecule has 1 amide bonds. The minimum atomic E-state index is -4.66. The predicted octanol–water partition coefficient (Wildman–Crippen LogP) is 6.23. The number of rotatable bonds is 4. The van der Waals surface area contributed by atoms with E-state index in [-0.39, 0.29) is 22.4 Å². The highest BCUT2D eigenvalue weighted by Gasteiger charge is 2.33. The monoisotopic (exact) mass is 487 g/mol. The number of hydrogen-bond acceptors (Lipinski definition) is 4. The molecular weight excluding hydrogens is 474 g/mol. The lowest BCUT2D eigenvalue weighted by atomic mass is 10.0. The fraction of sp³-hybridized carbons (Fsp3) is 0.0833. The van der Waals surface area contributed by atoms with Crippen LogP contribution in [0, 0.1) is 12.7 Å². The molecule has 4 aromatic rings. The van der Waals surface area contributed by atoms with E-state index in [4.69, 9.17) is 11.6 Å². The zero-order valence-corrected chi connectivity index (χ0v) is 18.1. The minimum absolute atomic E-state index is 0.0715. The summed E-state index contributed by atoms with van der Waals surface area (Å²) in [5, 5.41) is 1.80. The smallest absolute Gasteiger partial charge is 0.322 e. The van der Waals surface area contributed by atoms with E-state index in [1.54, 1.807) is 19.2 Å². The first kappa shape index (κ1) is 23.3. The SMILES string of the molecule is Cc1cnc2ccc(C(=O)c3cc(NC(=O)c4ccc(C(F)(F)F)c(Cl)c4)ccc3F)cc2n1. The Morgan fingerprint density at radius 1 is 0.941 bits per heavy atom. The number of carbonyl (C=O) groups excluding carboxylic acids is 2. The number of aryl methyl sites for hydroxylation is 1. The number of anilines is 1. The summed E-state index contributed by atoms with van der Waals surface area (Å²) in [5.41, 5.74) is 0.411. The van der Waals surface area contributed by atoms with Gasteiger partial charge in [0.15, 0.2) is 5.78 Å². The van der Waals surface area contributed by atoms with Gasteiger partial charge in [0.05, 0.1) is 32.9 Å². The van der Waals surface area contributed by atoms with Crippen LogP contribution >= 0.6 is 11.6 Å². The first-order chi connectivity index (χ1) is 16.0. The third kappa shape index (κ3) is 4.74. The lowest BCUT2D eigenvalue weighted by molar-refractivity contribution is -0.137. The molecule has 5 nitrogen and oxygen atoms in total. The summed E-state index contributed by atoms with van der Waals surface area (Å²) in [4.78, 5) is 34.0. The van der Waals surface area contributed by atoms with Gasteiger partial charge in [-0.3, -0.25) is 14.6 Å². The van der Waals surface area contributed by atoms with E-state index in [1.165, 1.54) is 18.2 Å². The van der Waals surface area contributed by atoms with E-state index in [2.05, 4.69) is 15.3 Å². The van der Waals surface area contributed by atoms with Crippen LogP contribution in [0.5, 0.6) is 0 Å². The molecule has 4 rings (SSSR count). The van der Waals surface area contributed by atoms with Gasteiger partial charge in [-0.25, -0.2) is 9.37 Å². The largest absolute Gasteiger partial charge is 0.417 e. The highest BCUT2D eigenvalue weighted by molar-refractivity contribution is 6.32. The summed E-state index contributed by atoms with van der Waals surface area (Å²) >= 11 is 5.66. The van der Waals surface area contributed by atoms with Crippen molar-refractivity contribution in [3.05, 3.63) is 99.6 Å². The summed E-state index contributed by atoms with van der Waals surface area (Å²) in [7, 11) is 0. The molecule has 0 saturated heterocycles. The standard InChI is InChI=1S/C24H14ClF4N3O2/c1-12-11-30-20-7-3-13(9-21(20)31-12)22(33)16-10-15(4-6-19(16)26)32-23(34)14-2-5-17(18(25)8-14)24(27,28)29/h2-11H,1H3,(H,32,34). The summed E-state index contributed by atoms with van der Waals surface area (Å²) < 4.78 is 53.1. The number of ketones is 1. The van der Waals surface area contributed by atoms with Crippen molar-refractivity contribution in [2.24, 2.45) is 0 Å². The third-order valence-electron chi connectivity index (χ3n) is 4.93. The molecule has 10 heteroatoms. The maximum atomic E-state index is 14.5. The molecule has 0 saturated carbocycles. The van der Waals surface area contributed by atoms with Crippen molar-refractivity contribution in [3.8, 4) is 0 Å². The van der Waals surface area contributed by atoms with Gasteiger partial charge in [0.1, 0.15) is 5.82 Å². The number of nitrogens with zero attached hydrogens (tertiary/aromatic N) is 2. The number of amides is 1. The molecule has 0 atom stereocenters. The number of nitrogens with one attached hydrogen (secondary N) is 1. The first-order valence-electron chi connectivity index (χ1n) is 9.78. The average Bonchev–Trinajstić information content (AvgIpc) is 2.78. The molecule has 0 fully saturated rings. The number of benzene rings is 3. The Bertz CT molecular complexity index is 1450. The molecule has 3 aromatic carbocycles. The zero-order chi connectivity index (χ0) is 24.6. The van der Waals surface area contributed by atoms with Crippen LogP contribution in [0.3, 0.4) is 0 Å². The number of halogens is 5. The summed E-state index contributed by atoms with van der Waals surface area (Å²) in [6, 6.07) is 10.5. The fourth-order valence-electron chi connectivity index (χ4n) is 3.27. The normalized spacial score (nSPS) is 11.5. The van der Waals surface area contributed by atoms with Crippen LogP contribution in [0.1, 0.15) is 37.5 Å². The van der Waals surface area contributed by atoms with Gasteiger partial charge in [0.25, 0.3) is 5.91 Å². The quantitative estimate of drug-likeness (QED) is 0.273. The highest BCUT2D eigenvalue weighted by Crippen LogP contribution is 2.35. The number of fused-ring (bicyclic) bond motifs is 1. The maximum absolute atomic E-state index is 14.5. The maximum Gasteiger partial charge on any atom is 0.417 e. The molecule has 1 N–H and O–H groups in total. The molecule has 0 unspecified atom stereocenters. The number of alkyl halides is 3. The molecule has 0 radical (unpaired) electrons. The van der Waals surface area contributed by atoms with E-state index >= 15 is 0 Å². The molecule has 0 aliphatic rings. The topological polar surface area (TPSA) is 72.0 Å². The van der Waals surface area contributed by atoms with Crippen LogP contribution in [0.15, 0.2) is 60.8 Å². The first-order valence-corrected chi connectivity index (χ1v) is 10.2. The predicted molar refractivity (Wildman–Crippen MR) is 119 cm³/mol. The Hall–Kier alpha value is -3.85. The van der Waals surface area contributed by atoms with Gasteiger partial charge in [-0.1, -0.05) is 11.6 Å². The van der Waals surface area contributed by atoms with Crippen LogP contribution in [-0.2, 0) is 6.18 Å². The number of carbonyl (C=O) groups is 2. The molecule has 0 spiro atoms. The second-order valence-corrected chi connectivity index (χ2v) is 7.79. The molecule has 1 heterocycles. The zero-order valence-electron chi connectivity index (χ0n) is 17.4. The molecule has 172 valence electrons. The fourth-order valence-corrected chi connectivity index (χ4v) is 3.55. The lowest BCUT2D eigenvalue weighted by Gasteiger charge is -2.11. The van der Waals surface area contributed by atoms with Gasteiger partial charge in [-0.05, 0) is 61.5 Å². The molecular formula is C24H14ClF4N3O2. The van der Waals surface area contributed by atoms with Gasteiger partial charge in [0, 0.05) is 23.0 Å². The van der Waals surface area contributed by atoms with Gasteiger partial charge in [-0.2, -0.15) is 13.2 Å². The summed E-state index contributed by atoms with van der Waals surface area (Å²) in [6.07, 6.45) is -3.08. The molecule has 0 aliphatic heterocycles. The van der Waals surface area contributed by atoms with E-state index in [0.29, 0.717) is 22.8 Å². The van der Waals surface area contributed by atoms with Crippen molar-refractivity contribution in [1.82, 2.24) is 9.97 Å². The molecule has 0 bridgehead atoms. The number of aromatic nitrogens is 2. The Morgan fingerprint density at radius 2 is 1.68 bits per heavy atom. The Morgan fingerprint density at radius 3 is 2.38 bits per heavy atom. The third-order valence-corrected chi connectivity index (χ3v) is 5.24. The summed E-state index contributed by atoms with van der Waals surface area (Å²) in [6.45, 7) is 1.75. The molecule has 34 heavy (non-hydrogen) atoms. The lowest BCUT2D eigenvalue weighted by Crippen LogP contribution is -2.14. The highest BCUT2D eigenvalue weighted by atomic mass is 35.5. The van der Waals surface area contributed by atoms with Crippen LogP contribution in [-0.4, -0.2) is 21.7 Å². The second-order valence-electron chi connectivity index (χ2n) is 7.39. The average molecular weight is 488 g/mol. The van der Waals surface area contributed by atoms with Gasteiger partial charge in [0.2, 0.25) is 0 Å². The van der Waals surface area contributed by atoms with E-state index in [1.807, 2.05) is 0 Å². The van der Waals surface area contributed by atoms with Crippen molar-refractivity contribution >= 4 is 40.0 Å². The van der Waals surface area contributed by atoms with Crippen molar-refractivity contribution in [3.63, 3.8) is 0 Å². The van der Waals surface area contributed by atoms with Gasteiger partial charge < -0.3 is 5.32 Å². The van der Waals surface area contributed by atoms with E-state index in [0.717, 1.165) is 24.3 Å². The van der Waals surface area contributed by atoms with Crippen molar-refractivity contribution in [2.45, 2.75) is 13.1 Å². The van der Waals surface area contributed by atoms with Crippen LogP contribution in [0.4, 0.5) is 23.2 Å². The Kier molecular flexibility index (Phi) is 6.05. The number of hydrogen-bond donors (Lipinski definition) is 1. The van der Waals surface area contributed by atoms with Crippen molar-refractivity contribution in [2.75, 3.05) is 5.32 Å². The van der Waals surface area contributed by atoms with Crippen LogP contribution < -0.4 is 5.32 Å². The van der Waals surface area contributed by atoms with E-state index in [9.17, 15) is 27.2 Å². The van der Waals surface area contributed by atoms with E-state index < -0.39 is 34.3 Å². The van der Waals surface area contributed by atoms with Crippen molar-refractivity contribution < 1.29 is 27.2 Å². The molecule has 0 aliphatic carbocycles. The Balaban J connectivity index is 1.60. The van der Waals surface area contributed by atoms with Gasteiger partial charge >= 0.3 is 6.18 Å². The van der Waals surface area contributed by atoms with Crippen LogP contribution in [0.2, 0.25) is 5.02 Å². The van der Waals surface area contributed by atoms with Crippen LogP contribution in [0.25, 0.3) is 11.0 Å².